The highest BCUT2D eigenvalue weighted by molar-refractivity contribution is 8.18. The number of alkyl halides is 3. The van der Waals surface area contributed by atoms with Gasteiger partial charge in [-0.15, -0.1) is 0 Å². The van der Waals surface area contributed by atoms with Crippen LogP contribution in [0, 0.1) is 0 Å². The van der Waals surface area contributed by atoms with E-state index in [9.17, 15) is 27.6 Å². The number of imide groups is 1. The van der Waals surface area contributed by atoms with E-state index < -0.39 is 34.4 Å². The molecule has 5 rings (SSSR count). The fourth-order valence-electron chi connectivity index (χ4n) is 5.34. The molecule has 40 heavy (non-hydrogen) atoms. The molecular weight excluding hydrogens is 567 g/mol. The second-order valence-corrected chi connectivity index (χ2v) is 11.2. The van der Waals surface area contributed by atoms with Gasteiger partial charge in [0.2, 0.25) is 0 Å². The summed E-state index contributed by atoms with van der Waals surface area (Å²) in [6.45, 7) is 1.71. The molecule has 0 radical (unpaired) electrons. The Morgan fingerprint density at radius 1 is 1.15 bits per heavy atom. The number of fused-ring (bicyclic) bond motifs is 1. The average molecular weight is 592 g/mol. The second-order valence-electron chi connectivity index (χ2n) is 9.75. The van der Waals surface area contributed by atoms with Crippen LogP contribution in [0.4, 0.5) is 18.0 Å². The number of aromatic nitrogens is 2. The van der Waals surface area contributed by atoms with Gasteiger partial charge in [-0.1, -0.05) is 43.0 Å². The molecule has 7 nitrogen and oxygen atoms in total. The smallest absolute Gasteiger partial charge is 0.416 e. The Balaban J connectivity index is 1.42. The lowest BCUT2D eigenvalue weighted by atomic mass is 9.80. The number of hydrogen-bond donors (Lipinski definition) is 0. The summed E-state index contributed by atoms with van der Waals surface area (Å²) < 4.78 is 47.4. The van der Waals surface area contributed by atoms with E-state index in [1.165, 1.54) is 23.0 Å². The lowest BCUT2D eigenvalue weighted by Crippen LogP contribution is -2.58. The quantitative estimate of drug-likeness (QED) is 0.225. The van der Waals surface area contributed by atoms with Gasteiger partial charge in [-0.05, 0) is 73.0 Å². The molecule has 2 heterocycles. The van der Waals surface area contributed by atoms with Crippen molar-refractivity contribution in [2.45, 2.75) is 57.3 Å². The van der Waals surface area contributed by atoms with Gasteiger partial charge in [-0.2, -0.15) is 18.3 Å². The highest BCUT2D eigenvalue weighted by atomic mass is 35.5. The largest absolute Gasteiger partial charge is 0.464 e. The maximum Gasteiger partial charge on any atom is 0.416 e. The van der Waals surface area contributed by atoms with Crippen LogP contribution in [0.1, 0.15) is 55.7 Å². The minimum atomic E-state index is -4.57. The standard InChI is InChI=1S/C28H25ClF3N3O4S/c1-2-39-25(37)27(10-4-3-5-11-27)35-24(36)23(40-26(35)38)13-17-6-9-22-19(12-17)15-33-34(22)16-18-7-8-20(29)14-21(18)28(30,31)32/h6-9,12-15H,2-5,10-11,16H2,1H3. The minimum Gasteiger partial charge on any atom is -0.464 e. The Morgan fingerprint density at radius 2 is 1.90 bits per heavy atom. The van der Waals surface area contributed by atoms with Gasteiger partial charge in [0.25, 0.3) is 11.1 Å². The van der Waals surface area contributed by atoms with Crippen LogP contribution < -0.4 is 0 Å². The maximum atomic E-state index is 13.6. The molecule has 0 spiro atoms. The number of nitrogens with zero attached hydrogens (tertiary/aromatic N) is 3. The lowest BCUT2D eigenvalue weighted by Gasteiger charge is -2.40. The van der Waals surface area contributed by atoms with Crippen LogP contribution in [0.2, 0.25) is 5.02 Å². The molecule has 2 amide bonds. The van der Waals surface area contributed by atoms with Crippen molar-refractivity contribution in [2.75, 3.05) is 6.61 Å². The number of rotatable bonds is 6. The Morgan fingerprint density at radius 3 is 2.60 bits per heavy atom. The Labute approximate surface area is 237 Å². The summed E-state index contributed by atoms with van der Waals surface area (Å²) in [5, 5.41) is 4.39. The predicted molar refractivity (Wildman–Crippen MR) is 146 cm³/mol. The van der Waals surface area contributed by atoms with Crippen LogP contribution in [0.15, 0.2) is 47.5 Å². The van der Waals surface area contributed by atoms with Gasteiger partial charge in [0.05, 0.1) is 35.3 Å². The number of halogens is 4. The van der Waals surface area contributed by atoms with Crippen LogP contribution >= 0.6 is 23.4 Å². The molecule has 0 unspecified atom stereocenters. The number of benzene rings is 2. The van der Waals surface area contributed by atoms with E-state index in [1.807, 2.05) is 0 Å². The fourth-order valence-corrected chi connectivity index (χ4v) is 6.43. The average Bonchev–Trinajstić information content (AvgIpc) is 3.44. The third kappa shape index (κ3) is 5.24. The van der Waals surface area contributed by atoms with E-state index in [0.29, 0.717) is 42.1 Å². The first-order valence-electron chi connectivity index (χ1n) is 12.8. The van der Waals surface area contributed by atoms with Gasteiger partial charge in [0, 0.05) is 10.4 Å². The fraction of sp³-hybridized carbons (Fsp3) is 0.357. The van der Waals surface area contributed by atoms with Gasteiger partial charge in [-0.25, -0.2) is 4.79 Å². The molecule has 2 aliphatic rings. The van der Waals surface area contributed by atoms with E-state index in [4.69, 9.17) is 16.3 Å². The second kappa shape index (κ2) is 10.9. The zero-order valence-electron chi connectivity index (χ0n) is 21.5. The van der Waals surface area contributed by atoms with Gasteiger partial charge in [0.15, 0.2) is 0 Å². The van der Waals surface area contributed by atoms with Gasteiger partial charge in [0.1, 0.15) is 5.54 Å². The first kappa shape index (κ1) is 28.2. The van der Waals surface area contributed by atoms with Crippen molar-refractivity contribution in [2.24, 2.45) is 0 Å². The molecule has 0 N–H and O–H groups in total. The van der Waals surface area contributed by atoms with Gasteiger partial charge >= 0.3 is 12.1 Å². The predicted octanol–water partition coefficient (Wildman–Crippen LogP) is 7.06. The van der Waals surface area contributed by atoms with E-state index >= 15 is 0 Å². The van der Waals surface area contributed by atoms with E-state index in [-0.39, 0.29) is 28.6 Å². The first-order valence-corrected chi connectivity index (χ1v) is 14.0. The zero-order chi connectivity index (χ0) is 28.7. The highest BCUT2D eigenvalue weighted by Crippen LogP contribution is 2.44. The van der Waals surface area contributed by atoms with Crippen molar-refractivity contribution in [3.63, 3.8) is 0 Å². The molecule has 1 aromatic heterocycles. The van der Waals surface area contributed by atoms with E-state index in [0.717, 1.165) is 29.1 Å². The molecule has 0 atom stereocenters. The third-order valence-electron chi connectivity index (χ3n) is 7.22. The molecule has 1 aliphatic carbocycles. The monoisotopic (exact) mass is 591 g/mol. The number of thioether (sulfide) groups is 1. The van der Waals surface area contributed by atoms with Crippen LogP contribution in [0.25, 0.3) is 17.0 Å². The van der Waals surface area contributed by atoms with Crippen molar-refractivity contribution in [3.8, 4) is 0 Å². The Kier molecular flexibility index (Phi) is 7.71. The lowest BCUT2D eigenvalue weighted by molar-refractivity contribution is -0.161. The molecule has 2 fully saturated rings. The summed E-state index contributed by atoms with van der Waals surface area (Å²) in [5.74, 6) is -1.09. The van der Waals surface area contributed by atoms with Gasteiger partial charge in [-0.3, -0.25) is 19.2 Å². The summed E-state index contributed by atoms with van der Waals surface area (Å²) in [6, 6.07) is 8.76. The first-order chi connectivity index (χ1) is 19.0. The number of hydrogen-bond acceptors (Lipinski definition) is 6. The van der Waals surface area contributed by atoms with Gasteiger partial charge < -0.3 is 4.74 Å². The summed E-state index contributed by atoms with van der Waals surface area (Å²) in [5.41, 5.74) is -0.898. The highest BCUT2D eigenvalue weighted by Gasteiger charge is 2.55. The third-order valence-corrected chi connectivity index (χ3v) is 8.32. The van der Waals surface area contributed by atoms with E-state index in [1.54, 1.807) is 31.2 Å². The number of esters is 1. The minimum absolute atomic E-state index is 0.00730. The number of carbonyl (C=O) groups is 3. The summed E-state index contributed by atoms with van der Waals surface area (Å²) >= 11 is 6.57. The topological polar surface area (TPSA) is 81.5 Å². The number of amides is 2. The van der Waals surface area contributed by atoms with Crippen molar-refractivity contribution < 1.29 is 32.3 Å². The molecule has 1 saturated carbocycles. The molecule has 2 aromatic carbocycles. The molecule has 3 aromatic rings. The molecule has 1 aliphatic heterocycles. The Hall–Kier alpha value is -3.31. The normalized spacial score (nSPS) is 18.6. The summed E-state index contributed by atoms with van der Waals surface area (Å²) in [7, 11) is 0. The molecule has 0 bridgehead atoms. The van der Waals surface area contributed by atoms with Crippen molar-refractivity contribution in [1.29, 1.82) is 0 Å². The molecule has 12 heteroatoms. The van der Waals surface area contributed by atoms with Crippen LogP contribution in [-0.4, -0.2) is 43.9 Å². The van der Waals surface area contributed by atoms with Crippen LogP contribution in [0.5, 0.6) is 0 Å². The zero-order valence-corrected chi connectivity index (χ0v) is 23.0. The SMILES string of the molecule is CCOC(=O)C1(N2C(=O)SC(=Cc3ccc4c(cnn4Cc4ccc(Cl)cc4C(F)(F)F)c3)C2=O)CCCCC1. The number of carbonyl (C=O) groups excluding carboxylic acids is 3. The van der Waals surface area contributed by atoms with Crippen molar-refractivity contribution in [1.82, 2.24) is 14.7 Å². The molecular formula is C28H25ClF3N3O4S. The molecule has 1 saturated heterocycles. The maximum absolute atomic E-state index is 13.6. The van der Waals surface area contributed by atoms with Crippen LogP contribution in [0.3, 0.4) is 0 Å². The van der Waals surface area contributed by atoms with Crippen molar-refractivity contribution in [3.05, 3.63) is 69.2 Å². The molecule has 210 valence electrons. The van der Waals surface area contributed by atoms with Crippen molar-refractivity contribution >= 4 is 57.5 Å². The Bertz CT molecular complexity index is 1530. The summed E-state index contributed by atoms with van der Waals surface area (Å²) in [4.78, 5) is 40.7. The summed E-state index contributed by atoms with van der Waals surface area (Å²) in [6.07, 6.45) is 1.60. The van der Waals surface area contributed by atoms with E-state index in [2.05, 4.69) is 5.10 Å². The van der Waals surface area contributed by atoms with Crippen LogP contribution in [-0.2, 0) is 27.0 Å². The number of ether oxygens (including phenoxy) is 1.